The molecule has 102 valence electrons. The number of carbonyl (C=O) groups excluding carboxylic acids is 2. The second-order valence-electron chi connectivity index (χ2n) is 5.21. The Morgan fingerprint density at radius 2 is 1.95 bits per heavy atom. The molecule has 1 aromatic rings. The molecule has 0 atom stereocenters. The van der Waals surface area contributed by atoms with Crippen LogP contribution in [0.3, 0.4) is 0 Å². The molecule has 1 N–H and O–H groups in total. The largest absolute Gasteiger partial charge is 0.325 e. The van der Waals surface area contributed by atoms with E-state index in [9.17, 15) is 19.7 Å². The zero-order valence-corrected chi connectivity index (χ0v) is 11.1. The molecule has 0 aliphatic heterocycles. The fourth-order valence-corrected chi connectivity index (χ4v) is 1.31. The fraction of sp³-hybridized carbons (Fsp3) is 0.385. The molecule has 1 rings (SSSR count). The summed E-state index contributed by atoms with van der Waals surface area (Å²) in [5.41, 5.74) is -0.388. The Morgan fingerprint density at radius 3 is 2.47 bits per heavy atom. The quantitative estimate of drug-likeness (QED) is 0.514. The molecule has 0 aliphatic carbocycles. The third-order valence-electron chi connectivity index (χ3n) is 2.50. The molecule has 0 spiro atoms. The van der Waals surface area contributed by atoms with E-state index in [-0.39, 0.29) is 17.9 Å². The number of nitro groups is 1. The first kappa shape index (κ1) is 14.8. The van der Waals surface area contributed by atoms with Crippen molar-refractivity contribution in [2.24, 2.45) is 5.41 Å². The molecule has 0 heterocycles. The number of nitrogens with zero attached hydrogens (tertiary/aromatic N) is 1. The Labute approximate surface area is 111 Å². The highest BCUT2D eigenvalue weighted by atomic mass is 16.6. The number of nitrogens with one attached hydrogen (secondary N) is 1. The van der Waals surface area contributed by atoms with Gasteiger partial charge in [-0.1, -0.05) is 26.8 Å². The van der Waals surface area contributed by atoms with Crippen LogP contribution in [0.4, 0.5) is 11.4 Å². The summed E-state index contributed by atoms with van der Waals surface area (Å²) in [6.07, 6.45) is -0.244. The number of Topliss-reactive ketones (excluding diaryl/α,β-unsaturated/α-hetero) is 1. The number of non-ortho nitro benzene ring substituents is 1. The summed E-state index contributed by atoms with van der Waals surface area (Å²) < 4.78 is 0. The Hall–Kier alpha value is -2.24. The number of anilines is 1. The van der Waals surface area contributed by atoms with Crippen molar-refractivity contribution < 1.29 is 14.5 Å². The lowest BCUT2D eigenvalue weighted by Crippen LogP contribution is -2.26. The third-order valence-corrected chi connectivity index (χ3v) is 2.50. The number of amides is 1. The molecule has 0 unspecified atom stereocenters. The van der Waals surface area contributed by atoms with E-state index in [0.29, 0.717) is 5.69 Å². The summed E-state index contributed by atoms with van der Waals surface area (Å²) in [6.45, 7) is 5.20. The van der Waals surface area contributed by atoms with Gasteiger partial charge in [0.2, 0.25) is 5.91 Å². The Bertz CT molecular complexity index is 518. The Morgan fingerprint density at radius 1 is 1.32 bits per heavy atom. The zero-order valence-electron chi connectivity index (χ0n) is 11.1. The molecule has 0 fully saturated rings. The van der Waals surface area contributed by atoms with E-state index in [0.717, 1.165) is 0 Å². The molecule has 1 aromatic carbocycles. The van der Waals surface area contributed by atoms with Crippen molar-refractivity contribution in [1.82, 2.24) is 0 Å². The summed E-state index contributed by atoms with van der Waals surface area (Å²) >= 11 is 0. The van der Waals surface area contributed by atoms with Gasteiger partial charge in [-0.15, -0.1) is 0 Å². The van der Waals surface area contributed by atoms with Crippen LogP contribution in [0, 0.1) is 15.5 Å². The van der Waals surface area contributed by atoms with Gasteiger partial charge in [0.1, 0.15) is 5.78 Å². The van der Waals surface area contributed by atoms with Gasteiger partial charge < -0.3 is 5.32 Å². The minimum Gasteiger partial charge on any atom is -0.325 e. The monoisotopic (exact) mass is 264 g/mol. The van der Waals surface area contributed by atoms with E-state index >= 15 is 0 Å². The van der Waals surface area contributed by atoms with Crippen LogP contribution >= 0.6 is 0 Å². The lowest BCUT2D eigenvalue weighted by molar-refractivity contribution is -0.384. The third kappa shape index (κ3) is 4.50. The first-order valence-electron chi connectivity index (χ1n) is 5.78. The Balaban J connectivity index is 2.70. The van der Waals surface area contributed by atoms with Crippen molar-refractivity contribution in [2.75, 3.05) is 5.32 Å². The van der Waals surface area contributed by atoms with E-state index in [4.69, 9.17) is 0 Å². The van der Waals surface area contributed by atoms with Crippen molar-refractivity contribution in [1.29, 1.82) is 0 Å². The molecule has 0 aliphatic rings. The summed E-state index contributed by atoms with van der Waals surface area (Å²) in [4.78, 5) is 33.4. The molecular formula is C13H16N2O4. The lowest BCUT2D eigenvalue weighted by atomic mass is 9.89. The van der Waals surface area contributed by atoms with Crippen LogP contribution in [0.1, 0.15) is 27.2 Å². The van der Waals surface area contributed by atoms with E-state index in [1.807, 2.05) is 0 Å². The van der Waals surface area contributed by atoms with E-state index < -0.39 is 16.2 Å². The number of hydrogen-bond donors (Lipinski definition) is 1. The van der Waals surface area contributed by atoms with Crippen molar-refractivity contribution in [3.05, 3.63) is 34.4 Å². The van der Waals surface area contributed by atoms with Crippen LogP contribution in [0.2, 0.25) is 0 Å². The van der Waals surface area contributed by atoms with Crippen LogP contribution in [-0.4, -0.2) is 16.6 Å². The van der Waals surface area contributed by atoms with Crippen LogP contribution in [-0.2, 0) is 9.59 Å². The second-order valence-corrected chi connectivity index (χ2v) is 5.21. The number of nitro benzene ring substituents is 1. The van der Waals surface area contributed by atoms with Gasteiger partial charge in [0, 0.05) is 23.2 Å². The molecular weight excluding hydrogens is 248 g/mol. The summed E-state index contributed by atoms with van der Waals surface area (Å²) in [5, 5.41) is 13.1. The highest BCUT2D eigenvalue weighted by molar-refractivity contribution is 6.05. The minimum atomic E-state index is -0.583. The molecule has 0 bridgehead atoms. The normalized spacial score (nSPS) is 10.9. The van der Waals surface area contributed by atoms with Gasteiger partial charge in [-0.25, -0.2) is 0 Å². The molecule has 1 amide bonds. The van der Waals surface area contributed by atoms with Crippen LogP contribution in [0.15, 0.2) is 24.3 Å². The summed E-state index contributed by atoms with van der Waals surface area (Å²) in [5.74, 6) is -0.657. The lowest BCUT2D eigenvalue weighted by Gasteiger charge is -2.15. The van der Waals surface area contributed by atoms with Crippen molar-refractivity contribution >= 4 is 23.1 Å². The average molecular weight is 264 g/mol. The standard InChI is InChI=1S/C13H16N2O4/c1-13(2,3)11(16)8-12(17)14-9-5-4-6-10(7-9)15(18)19/h4-7H,8H2,1-3H3,(H,14,17). The first-order valence-corrected chi connectivity index (χ1v) is 5.78. The average Bonchev–Trinajstić information content (AvgIpc) is 2.27. The smallest absolute Gasteiger partial charge is 0.271 e. The van der Waals surface area contributed by atoms with Crippen LogP contribution in [0.25, 0.3) is 0 Å². The first-order chi connectivity index (χ1) is 8.70. The van der Waals surface area contributed by atoms with E-state index in [2.05, 4.69) is 5.32 Å². The topological polar surface area (TPSA) is 89.3 Å². The van der Waals surface area contributed by atoms with Gasteiger partial charge in [-0.05, 0) is 6.07 Å². The van der Waals surface area contributed by atoms with Gasteiger partial charge in [-0.2, -0.15) is 0 Å². The zero-order chi connectivity index (χ0) is 14.6. The fourth-order valence-electron chi connectivity index (χ4n) is 1.31. The van der Waals surface area contributed by atoms with Gasteiger partial charge in [0.05, 0.1) is 11.3 Å². The minimum absolute atomic E-state index is 0.111. The maximum atomic E-state index is 11.7. The molecule has 19 heavy (non-hydrogen) atoms. The maximum absolute atomic E-state index is 11.7. The number of rotatable bonds is 4. The molecule has 6 heteroatoms. The highest BCUT2D eigenvalue weighted by Crippen LogP contribution is 2.19. The predicted octanol–water partition coefficient (Wildman–Crippen LogP) is 2.54. The molecule has 0 saturated carbocycles. The van der Waals surface area contributed by atoms with Gasteiger partial charge in [0.25, 0.3) is 5.69 Å². The van der Waals surface area contributed by atoms with E-state index in [1.54, 1.807) is 20.8 Å². The van der Waals surface area contributed by atoms with Crippen LogP contribution < -0.4 is 5.32 Å². The number of carbonyl (C=O) groups is 2. The Kier molecular flexibility index (Phi) is 4.37. The van der Waals surface area contributed by atoms with Gasteiger partial charge in [0.15, 0.2) is 0 Å². The predicted molar refractivity (Wildman–Crippen MR) is 70.8 cm³/mol. The van der Waals surface area contributed by atoms with Gasteiger partial charge in [-0.3, -0.25) is 19.7 Å². The summed E-state index contributed by atoms with van der Waals surface area (Å²) in [6, 6.07) is 5.58. The molecule has 0 saturated heterocycles. The SMILES string of the molecule is CC(C)(C)C(=O)CC(=O)Nc1cccc([N+](=O)[O-])c1. The number of benzene rings is 1. The second kappa shape index (κ2) is 5.60. The van der Waals surface area contributed by atoms with Crippen LogP contribution in [0.5, 0.6) is 0 Å². The molecule has 6 nitrogen and oxygen atoms in total. The number of hydrogen-bond acceptors (Lipinski definition) is 4. The van der Waals surface area contributed by atoms with Crippen molar-refractivity contribution in [3.63, 3.8) is 0 Å². The highest BCUT2D eigenvalue weighted by Gasteiger charge is 2.23. The molecule has 0 aromatic heterocycles. The van der Waals surface area contributed by atoms with Crippen molar-refractivity contribution in [2.45, 2.75) is 27.2 Å². The number of ketones is 1. The van der Waals surface area contributed by atoms with Crippen molar-refractivity contribution in [3.8, 4) is 0 Å². The van der Waals surface area contributed by atoms with Gasteiger partial charge >= 0.3 is 0 Å². The summed E-state index contributed by atoms with van der Waals surface area (Å²) in [7, 11) is 0. The molecule has 0 radical (unpaired) electrons. The maximum Gasteiger partial charge on any atom is 0.271 e. The van der Waals surface area contributed by atoms with E-state index in [1.165, 1.54) is 24.3 Å².